The average Bonchev–Trinajstić information content (AvgIpc) is 2.69. The van der Waals surface area contributed by atoms with Crippen molar-refractivity contribution < 1.29 is 4.79 Å². The van der Waals surface area contributed by atoms with Crippen molar-refractivity contribution in [3.8, 4) is 0 Å². The number of benzene rings is 1. The molecule has 1 N–H and O–H groups in total. The molecule has 0 aliphatic carbocycles. The maximum atomic E-state index is 13.3. The van der Waals surface area contributed by atoms with Crippen molar-refractivity contribution in [1.29, 1.82) is 0 Å². The number of rotatable bonds is 5. The molecule has 0 bridgehead atoms. The summed E-state index contributed by atoms with van der Waals surface area (Å²) in [5.41, 5.74) is 1.67. The van der Waals surface area contributed by atoms with Crippen molar-refractivity contribution in [3.05, 3.63) is 63.9 Å². The highest BCUT2D eigenvalue weighted by Gasteiger charge is 2.30. The lowest BCUT2D eigenvalue weighted by atomic mass is 10.1. The molecule has 1 aromatic heterocycles. The van der Waals surface area contributed by atoms with E-state index < -0.39 is 0 Å². The third-order valence-corrected chi connectivity index (χ3v) is 6.03. The van der Waals surface area contributed by atoms with Crippen LogP contribution in [0.4, 0.5) is 4.79 Å². The Morgan fingerprint density at radius 2 is 2.11 bits per heavy atom. The summed E-state index contributed by atoms with van der Waals surface area (Å²) >= 11 is 12.5. The first kappa shape index (κ1) is 20.9. The molecule has 2 amide bonds. The van der Waals surface area contributed by atoms with Gasteiger partial charge in [-0.15, -0.1) is 0 Å². The second-order valence-corrected chi connectivity index (χ2v) is 8.01. The number of piperidine rings is 1. The largest absolute Gasteiger partial charge is 0.331 e. The molecule has 2 atom stereocenters. The number of hydrogen-bond donors (Lipinski definition) is 1. The molecule has 0 saturated carbocycles. The molecule has 1 aliphatic heterocycles. The number of carbonyl (C=O) groups excluding carboxylic acids is 1. The summed E-state index contributed by atoms with van der Waals surface area (Å²) in [4.78, 5) is 21.8. The van der Waals surface area contributed by atoms with Gasteiger partial charge in [-0.2, -0.15) is 0 Å². The Kier molecular flexibility index (Phi) is 7.16. The van der Waals surface area contributed by atoms with Crippen LogP contribution in [0, 0.1) is 0 Å². The summed E-state index contributed by atoms with van der Waals surface area (Å²) in [5.74, 6) is 0. The molecule has 2 heterocycles. The summed E-state index contributed by atoms with van der Waals surface area (Å²) < 4.78 is 0. The fourth-order valence-corrected chi connectivity index (χ4v) is 4.10. The van der Waals surface area contributed by atoms with E-state index in [0.717, 1.165) is 37.1 Å². The van der Waals surface area contributed by atoms with Crippen molar-refractivity contribution in [2.75, 3.05) is 13.6 Å². The lowest BCUT2D eigenvalue weighted by Crippen LogP contribution is -2.54. The summed E-state index contributed by atoms with van der Waals surface area (Å²) in [6, 6.07) is 10.8. The molecule has 150 valence electrons. The van der Waals surface area contributed by atoms with Gasteiger partial charge >= 0.3 is 6.03 Å². The molecule has 1 saturated heterocycles. The number of pyridine rings is 1. The fourth-order valence-electron chi connectivity index (χ4n) is 3.63. The Labute approximate surface area is 176 Å². The highest BCUT2D eigenvalue weighted by Crippen LogP contribution is 2.30. The SMILES string of the molecule is CC(NC(=O)N(Cc1ccccn1)C1CCCCN1C)c1cccc(Cl)c1Cl. The van der Waals surface area contributed by atoms with Gasteiger partial charge in [0.1, 0.15) is 0 Å². The Morgan fingerprint density at radius 1 is 1.29 bits per heavy atom. The first-order chi connectivity index (χ1) is 13.5. The summed E-state index contributed by atoms with van der Waals surface area (Å²) in [7, 11) is 2.07. The minimum Gasteiger partial charge on any atom is -0.331 e. The fraction of sp³-hybridized carbons (Fsp3) is 0.429. The van der Waals surface area contributed by atoms with E-state index in [1.54, 1.807) is 12.3 Å². The van der Waals surface area contributed by atoms with Crippen LogP contribution in [0.2, 0.25) is 10.0 Å². The zero-order valence-electron chi connectivity index (χ0n) is 16.2. The van der Waals surface area contributed by atoms with Crippen LogP contribution in [0.5, 0.6) is 0 Å². The molecule has 0 radical (unpaired) electrons. The third kappa shape index (κ3) is 4.96. The van der Waals surface area contributed by atoms with Crippen LogP contribution in [0.1, 0.15) is 43.5 Å². The second-order valence-electron chi connectivity index (χ2n) is 7.22. The maximum absolute atomic E-state index is 13.3. The minimum absolute atomic E-state index is 0.0396. The van der Waals surface area contributed by atoms with E-state index in [4.69, 9.17) is 23.2 Å². The van der Waals surface area contributed by atoms with Crippen LogP contribution in [0.15, 0.2) is 42.6 Å². The topological polar surface area (TPSA) is 48.5 Å². The summed E-state index contributed by atoms with van der Waals surface area (Å²) in [5, 5.41) is 4.05. The number of aromatic nitrogens is 1. The van der Waals surface area contributed by atoms with Gasteiger partial charge in [-0.05, 0) is 63.5 Å². The van der Waals surface area contributed by atoms with Crippen molar-refractivity contribution in [1.82, 2.24) is 20.1 Å². The number of likely N-dealkylation sites (tertiary alicyclic amines) is 1. The van der Waals surface area contributed by atoms with Crippen molar-refractivity contribution in [2.24, 2.45) is 0 Å². The molecule has 2 unspecified atom stereocenters. The molecule has 1 aromatic carbocycles. The van der Waals surface area contributed by atoms with E-state index in [-0.39, 0.29) is 18.2 Å². The molecule has 0 spiro atoms. The first-order valence-corrected chi connectivity index (χ1v) is 10.3. The summed E-state index contributed by atoms with van der Waals surface area (Å²) in [6.45, 7) is 3.35. The maximum Gasteiger partial charge on any atom is 0.319 e. The molecule has 2 aromatic rings. The van der Waals surface area contributed by atoms with E-state index in [2.05, 4.69) is 22.2 Å². The van der Waals surface area contributed by atoms with Crippen molar-refractivity contribution in [3.63, 3.8) is 0 Å². The molecule has 1 aliphatic rings. The number of halogens is 2. The number of hydrogen-bond acceptors (Lipinski definition) is 3. The van der Waals surface area contributed by atoms with Crippen LogP contribution in [0.3, 0.4) is 0 Å². The van der Waals surface area contributed by atoms with Crippen LogP contribution in [0.25, 0.3) is 0 Å². The van der Waals surface area contributed by atoms with Gasteiger partial charge in [0.15, 0.2) is 0 Å². The third-order valence-electron chi connectivity index (χ3n) is 5.20. The molecule has 3 rings (SSSR count). The van der Waals surface area contributed by atoms with Crippen LogP contribution in [-0.2, 0) is 6.54 Å². The highest BCUT2D eigenvalue weighted by molar-refractivity contribution is 6.42. The summed E-state index contributed by atoms with van der Waals surface area (Å²) in [6.07, 6.45) is 5.00. The zero-order chi connectivity index (χ0) is 20.1. The van der Waals surface area contributed by atoms with Gasteiger partial charge in [-0.3, -0.25) is 9.88 Å². The van der Waals surface area contributed by atoms with E-state index in [0.29, 0.717) is 16.6 Å². The Morgan fingerprint density at radius 3 is 2.82 bits per heavy atom. The molecular formula is C21H26Cl2N4O. The molecule has 1 fully saturated rings. The Hall–Kier alpha value is -1.82. The van der Waals surface area contributed by atoms with E-state index in [1.165, 1.54) is 0 Å². The highest BCUT2D eigenvalue weighted by atomic mass is 35.5. The molecule has 5 nitrogen and oxygen atoms in total. The van der Waals surface area contributed by atoms with Gasteiger partial charge in [-0.25, -0.2) is 4.79 Å². The van der Waals surface area contributed by atoms with Crippen molar-refractivity contribution in [2.45, 2.75) is 44.9 Å². The predicted octanol–water partition coefficient (Wildman–Crippen LogP) is 5.10. The normalized spacial score (nSPS) is 18.5. The van der Waals surface area contributed by atoms with Crippen LogP contribution < -0.4 is 5.32 Å². The van der Waals surface area contributed by atoms with E-state index in [1.807, 2.05) is 42.2 Å². The monoisotopic (exact) mass is 420 g/mol. The van der Waals surface area contributed by atoms with E-state index in [9.17, 15) is 4.79 Å². The molecule has 7 heteroatoms. The van der Waals surface area contributed by atoms with Crippen LogP contribution in [-0.4, -0.2) is 40.6 Å². The lowest BCUT2D eigenvalue weighted by molar-refractivity contribution is 0.0491. The van der Waals surface area contributed by atoms with E-state index >= 15 is 0 Å². The lowest BCUT2D eigenvalue weighted by Gasteiger charge is -2.41. The van der Waals surface area contributed by atoms with Gasteiger partial charge in [0, 0.05) is 6.20 Å². The standard InChI is InChI=1S/C21H26Cl2N4O/c1-15(17-9-7-10-18(22)20(17)23)25-21(28)27(14-16-8-3-5-12-24-16)19-11-4-6-13-26(19)2/h3,5,7-10,12,15,19H,4,6,11,13-14H2,1-2H3,(H,25,28). The number of amides is 2. The Balaban J connectivity index is 1.80. The quantitative estimate of drug-likeness (QED) is 0.731. The van der Waals surface area contributed by atoms with Gasteiger partial charge < -0.3 is 10.2 Å². The van der Waals surface area contributed by atoms with Crippen LogP contribution >= 0.6 is 23.2 Å². The number of nitrogens with one attached hydrogen (secondary N) is 1. The predicted molar refractivity (Wildman–Crippen MR) is 113 cm³/mol. The first-order valence-electron chi connectivity index (χ1n) is 9.58. The number of urea groups is 1. The van der Waals surface area contributed by atoms with Gasteiger partial charge in [-0.1, -0.05) is 41.4 Å². The molecule has 28 heavy (non-hydrogen) atoms. The second kappa shape index (κ2) is 9.59. The zero-order valence-corrected chi connectivity index (χ0v) is 17.7. The number of carbonyl (C=O) groups is 1. The van der Waals surface area contributed by atoms with Gasteiger partial charge in [0.05, 0.1) is 34.5 Å². The van der Waals surface area contributed by atoms with Gasteiger partial charge in [0.2, 0.25) is 0 Å². The number of nitrogens with zero attached hydrogens (tertiary/aromatic N) is 3. The minimum atomic E-state index is -0.265. The van der Waals surface area contributed by atoms with Gasteiger partial charge in [0.25, 0.3) is 0 Å². The van der Waals surface area contributed by atoms with Crippen molar-refractivity contribution >= 4 is 29.2 Å². The molecular weight excluding hydrogens is 395 g/mol. The average molecular weight is 421 g/mol. The Bertz CT molecular complexity index is 802. The smallest absolute Gasteiger partial charge is 0.319 e.